The van der Waals surface area contributed by atoms with Gasteiger partial charge in [0.25, 0.3) is 0 Å². The van der Waals surface area contributed by atoms with E-state index in [2.05, 4.69) is 10.3 Å². The Morgan fingerprint density at radius 2 is 1.80 bits per heavy atom. The Morgan fingerprint density at radius 1 is 0.933 bits per heavy atom. The summed E-state index contributed by atoms with van der Waals surface area (Å²) in [5, 5.41) is 5.17. The van der Waals surface area contributed by atoms with Gasteiger partial charge in [-0.1, -0.05) is 36.4 Å². The van der Waals surface area contributed by atoms with E-state index < -0.39 is 0 Å². The van der Waals surface area contributed by atoms with Crippen LogP contribution in [0.15, 0.2) is 91.3 Å². The number of carbonyl (C=O) groups excluding carboxylic acids is 1. The molecule has 30 heavy (non-hydrogen) atoms. The van der Waals surface area contributed by atoms with Crippen molar-refractivity contribution < 1.29 is 9.53 Å². The summed E-state index contributed by atoms with van der Waals surface area (Å²) in [7, 11) is 0. The number of benzene rings is 3. The summed E-state index contributed by atoms with van der Waals surface area (Å²) in [5.74, 6) is 0.706. The smallest absolute Gasteiger partial charge is 0.244 e. The number of hydrogen-bond donors (Lipinski definition) is 2. The Hall–Kier alpha value is -3.99. The second-order valence-corrected chi connectivity index (χ2v) is 7.27. The first-order valence-corrected chi connectivity index (χ1v) is 9.87. The lowest BCUT2D eigenvalue weighted by Gasteiger charge is -2.10. The highest BCUT2D eigenvalue weighted by molar-refractivity contribution is 5.94. The zero-order valence-electron chi connectivity index (χ0n) is 16.3. The molecule has 0 radical (unpaired) electrons. The van der Waals surface area contributed by atoms with Crippen LogP contribution < -0.4 is 10.1 Å². The van der Waals surface area contributed by atoms with Gasteiger partial charge in [-0.25, -0.2) is 0 Å². The van der Waals surface area contributed by atoms with Crippen molar-refractivity contribution in [1.82, 2.24) is 9.55 Å². The molecule has 0 atom stereocenters. The second kappa shape index (κ2) is 7.79. The van der Waals surface area contributed by atoms with E-state index in [-0.39, 0.29) is 12.5 Å². The zero-order chi connectivity index (χ0) is 20.3. The average molecular weight is 395 g/mol. The normalized spacial score (nSPS) is 11.1. The van der Waals surface area contributed by atoms with Crippen LogP contribution in [0, 0.1) is 0 Å². The first-order chi connectivity index (χ1) is 14.7. The standard InChI is InChI=1S/C25H21N3O2/c29-25(27-21-8-6-19-10-12-26-23(19)14-21)16-28-13-11-20-7-9-22(15-24(20)28)30-17-18-4-2-1-3-5-18/h1-15,26H,16-17H2,(H,27,29). The van der Waals surface area contributed by atoms with Crippen molar-refractivity contribution in [2.75, 3.05) is 5.32 Å². The number of aromatic amines is 1. The van der Waals surface area contributed by atoms with E-state index in [4.69, 9.17) is 4.74 Å². The Kier molecular flexibility index (Phi) is 4.69. The minimum Gasteiger partial charge on any atom is -0.489 e. The molecule has 0 fully saturated rings. The van der Waals surface area contributed by atoms with Crippen LogP contribution in [0.25, 0.3) is 21.8 Å². The lowest BCUT2D eigenvalue weighted by Crippen LogP contribution is -2.18. The molecule has 0 aliphatic rings. The third-order valence-electron chi connectivity index (χ3n) is 5.15. The van der Waals surface area contributed by atoms with Gasteiger partial charge in [0, 0.05) is 29.7 Å². The molecule has 2 heterocycles. The van der Waals surface area contributed by atoms with Crippen LogP contribution in [0.1, 0.15) is 5.56 Å². The van der Waals surface area contributed by atoms with E-state index in [9.17, 15) is 4.79 Å². The fourth-order valence-corrected chi connectivity index (χ4v) is 3.61. The van der Waals surface area contributed by atoms with Gasteiger partial charge in [-0.15, -0.1) is 0 Å². The SMILES string of the molecule is O=C(Cn1ccc2ccc(OCc3ccccc3)cc21)Nc1ccc2cc[nH]c2c1. The van der Waals surface area contributed by atoms with Gasteiger partial charge in [-0.2, -0.15) is 0 Å². The topological polar surface area (TPSA) is 59.0 Å². The highest BCUT2D eigenvalue weighted by Crippen LogP contribution is 2.23. The van der Waals surface area contributed by atoms with Crippen molar-refractivity contribution in [2.45, 2.75) is 13.2 Å². The Bertz CT molecular complexity index is 1320. The Morgan fingerprint density at radius 3 is 2.70 bits per heavy atom. The molecule has 2 aromatic heterocycles. The minimum atomic E-state index is -0.0750. The van der Waals surface area contributed by atoms with E-state index in [1.807, 2.05) is 95.8 Å². The molecule has 3 aromatic carbocycles. The molecular weight excluding hydrogens is 374 g/mol. The van der Waals surface area contributed by atoms with Crippen molar-refractivity contribution in [3.8, 4) is 5.75 Å². The first-order valence-electron chi connectivity index (χ1n) is 9.87. The minimum absolute atomic E-state index is 0.0750. The van der Waals surface area contributed by atoms with E-state index in [1.54, 1.807) is 0 Å². The Labute approximate surface area is 173 Å². The molecule has 0 unspecified atom stereocenters. The van der Waals surface area contributed by atoms with Gasteiger partial charge in [-0.05, 0) is 52.7 Å². The van der Waals surface area contributed by atoms with E-state index >= 15 is 0 Å². The van der Waals surface area contributed by atoms with Gasteiger partial charge in [0.1, 0.15) is 18.9 Å². The summed E-state index contributed by atoms with van der Waals surface area (Å²) in [6, 6.07) is 25.9. The highest BCUT2D eigenvalue weighted by atomic mass is 16.5. The van der Waals surface area contributed by atoms with Gasteiger partial charge >= 0.3 is 0 Å². The van der Waals surface area contributed by atoms with Crippen LogP contribution in [0.2, 0.25) is 0 Å². The predicted molar refractivity (Wildman–Crippen MR) is 120 cm³/mol. The molecule has 0 spiro atoms. The number of nitrogens with zero attached hydrogens (tertiary/aromatic N) is 1. The van der Waals surface area contributed by atoms with Crippen molar-refractivity contribution in [2.24, 2.45) is 0 Å². The van der Waals surface area contributed by atoms with Crippen LogP contribution in [0.4, 0.5) is 5.69 Å². The number of rotatable bonds is 6. The van der Waals surface area contributed by atoms with Crippen LogP contribution >= 0.6 is 0 Å². The van der Waals surface area contributed by atoms with Crippen LogP contribution in [-0.4, -0.2) is 15.5 Å². The quantitative estimate of drug-likeness (QED) is 0.408. The Balaban J connectivity index is 1.30. The molecule has 5 aromatic rings. The predicted octanol–water partition coefficient (Wildman–Crippen LogP) is 5.34. The molecule has 2 N–H and O–H groups in total. The number of hydrogen-bond acceptors (Lipinski definition) is 2. The lowest BCUT2D eigenvalue weighted by atomic mass is 10.2. The third-order valence-corrected chi connectivity index (χ3v) is 5.15. The summed E-state index contributed by atoms with van der Waals surface area (Å²) in [5.41, 5.74) is 3.86. The molecule has 0 aliphatic carbocycles. The number of anilines is 1. The van der Waals surface area contributed by atoms with E-state index in [0.717, 1.165) is 38.8 Å². The fraction of sp³-hybridized carbons (Fsp3) is 0.0800. The summed E-state index contributed by atoms with van der Waals surface area (Å²) < 4.78 is 7.88. The lowest BCUT2D eigenvalue weighted by molar-refractivity contribution is -0.116. The molecule has 148 valence electrons. The summed E-state index contributed by atoms with van der Waals surface area (Å²) in [4.78, 5) is 15.8. The van der Waals surface area contributed by atoms with Crippen molar-refractivity contribution in [3.63, 3.8) is 0 Å². The van der Waals surface area contributed by atoms with Crippen molar-refractivity contribution >= 4 is 33.4 Å². The molecule has 0 saturated heterocycles. The largest absolute Gasteiger partial charge is 0.489 e. The van der Waals surface area contributed by atoms with Gasteiger partial charge in [0.2, 0.25) is 5.91 Å². The molecular formula is C25H21N3O2. The van der Waals surface area contributed by atoms with Gasteiger partial charge in [0.15, 0.2) is 0 Å². The molecule has 0 aliphatic heterocycles. The molecule has 0 saturated carbocycles. The van der Waals surface area contributed by atoms with Gasteiger partial charge in [-0.3, -0.25) is 4.79 Å². The van der Waals surface area contributed by atoms with Crippen molar-refractivity contribution in [3.05, 3.63) is 96.8 Å². The molecule has 1 amide bonds. The average Bonchev–Trinajstić information content (AvgIpc) is 3.39. The maximum absolute atomic E-state index is 12.6. The van der Waals surface area contributed by atoms with Crippen LogP contribution in [-0.2, 0) is 17.9 Å². The number of H-pyrrole nitrogens is 1. The number of fused-ring (bicyclic) bond motifs is 2. The van der Waals surface area contributed by atoms with Crippen molar-refractivity contribution in [1.29, 1.82) is 0 Å². The zero-order valence-corrected chi connectivity index (χ0v) is 16.3. The third kappa shape index (κ3) is 3.78. The monoisotopic (exact) mass is 395 g/mol. The maximum atomic E-state index is 12.6. The van der Waals surface area contributed by atoms with E-state index in [0.29, 0.717) is 6.61 Å². The van der Waals surface area contributed by atoms with E-state index in [1.165, 1.54) is 0 Å². The summed E-state index contributed by atoms with van der Waals surface area (Å²) in [6.45, 7) is 0.739. The highest BCUT2D eigenvalue weighted by Gasteiger charge is 2.09. The van der Waals surface area contributed by atoms with Crippen LogP contribution in [0.5, 0.6) is 5.75 Å². The number of amides is 1. The summed E-state index contributed by atoms with van der Waals surface area (Å²) in [6.07, 6.45) is 3.82. The molecule has 0 bridgehead atoms. The van der Waals surface area contributed by atoms with Crippen LogP contribution in [0.3, 0.4) is 0 Å². The number of nitrogens with one attached hydrogen (secondary N) is 2. The molecule has 5 rings (SSSR count). The number of ether oxygens (including phenoxy) is 1. The second-order valence-electron chi connectivity index (χ2n) is 7.27. The molecule has 5 heteroatoms. The maximum Gasteiger partial charge on any atom is 0.244 e. The van der Waals surface area contributed by atoms with Gasteiger partial charge in [0.05, 0.1) is 5.52 Å². The summed E-state index contributed by atoms with van der Waals surface area (Å²) >= 11 is 0. The fourth-order valence-electron chi connectivity index (χ4n) is 3.61. The molecule has 5 nitrogen and oxygen atoms in total. The number of aromatic nitrogens is 2. The first kappa shape index (κ1) is 18.1. The number of carbonyl (C=O) groups is 1. The van der Waals surface area contributed by atoms with Gasteiger partial charge < -0.3 is 19.6 Å².